The second-order valence-corrected chi connectivity index (χ2v) is 4.36. The molecule has 5 heteroatoms. The van der Waals surface area contributed by atoms with Crippen molar-refractivity contribution >= 4 is 23.7 Å². The number of carbonyl (C=O) groups excluding carboxylic acids is 1. The molecular formula is C15H13ClN2O2. The van der Waals surface area contributed by atoms with E-state index in [0.29, 0.717) is 10.6 Å². The lowest BCUT2D eigenvalue weighted by molar-refractivity contribution is 0.0955. The molecule has 1 amide bonds. The van der Waals surface area contributed by atoms with E-state index in [2.05, 4.69) is 10.5 Å². The van der Waals surface area contributed by atoms with Gasteiger partial charge in [0.25, 0.3) is 5.91 Å². The van der Waals surface area contributed by atoms with Crippen LogP contribution < -0.4 is 10.2 Å². The first kappa shape index (κ1) is 14.1. The highest BCUT2D eigenvalue weighted by molar-refractivity contribution is 6.33. The molecule has 0 atom stereocenters. The summed E-state index contributed by atoms with van der Waals surface area (Å²) in [5, 5.41) is 4.28. The zero-order valence-corrected chi connectivity index (χ0v) is 11.6. The number of hydrogen-bond donors (Lipinski definition) is 1. The summed E-state index contributed by atoms with van der Waals surface area (Å²) in [5.74, 6) is 0.419. The summed E-state index contributed by atoms with van der Waals surface area (Å²) in [5.41, 5.74) is 3.67. The summed E-state index contributed by atoms with van der Waals surface area (Å²) in [4.78, 5) is 11.8. The van der Waals surface area contributed by atoms with Gasteiger partial charge in [0.05, 0.1) is 23.9 Å². The van der Waals surface area contributed by atoms with E-state index in [1.807, 2.05) is 24.3 Å². The van der Waals surface area contributed by atoms with Crippen LogP contribution in [-0.4, -0.2) is 19.2 Å². The number of nitrogens with zero attached hydrogens (tertiary/aromatic N) is 1. The molecule has 0 saturated heterocycles. The normalized spacial score (nSPS) is 10.5. The predicted octanol–water partition coefficient (Wildman–Crippen LogP) is 3.11. The molecule has 0 fully saturated rings. The largest absolute Gasteiger partial charge is 0.497 e. The Balaban J connectivity index is 1.99. The van der Waals surface area contributed by atoms with Gasteiger partial charge in [-0.1, -0.05) is 23.7 Å². The van der Waals surface area contributed by atoms with Crippen LogP contribution in [-0.2, 0) is 0 Å². The molecule has 2 rings (SSSR count). The highest BCUT2D eigenvalue weighted by Gasteiger charge is 2.07. The van der Waals surface area contributed by atoms with Crippen molar-refractivity contribution in [2.24, 2.45) is 5.10 Å². The first-order chi connectivity index (χ1) is 9.70. The van der Waals surface area contributed by atoms with Gasteiger partial charge in [-0.2, -0.15) is 5.10 Å². The maximum atomic E-state index is 11.8. The van der Waals surface area contributed by atoms with Crippen molar-refractivity contribution in [1.29, 1.82) is 0 Å². The molecule has 0 saturated carbocycles. The molecule has 0 unspecified atom stereocenters. The van der Waals surface area contributed by atoms with Gasteiger partial charge in [0, 0.05) is 0 Å². The zero-order chi connectivity index (χ0) is 14.4. The third-order valence-corrected chi connectivity index (χ3v) is 2.94. The van der Waals surface area contributed by atoms with Crippen molar-refractivity contribution in [1.82, 2.24) is 5.43 Å². The Morgan fingerprint density at radius 1 is 1.20 bits per heavy atom. The van der Waals surface area contributed by atoms with Crippen molar-refractivity contribution in [3.05, 3.63) is 64.7 Å². The Hall–Kier alpha value is -2.33. The Kier molecular flexibility index (Phi) is 4.74. The second-order valence-electron chi connectivity index (χ2n) is 3.95. The van der Waals surface area contributed by atoms with Gasteiger partial charge in [-0.15, -0.1) is 0 Å². The molecular weight excluding hydrogens is 276 g/mol. The van der Waals surface area contributed by atoms with Crippen LogP contribution >= 0.6 is 11.6 Å². The summed E-state index contributed by atoms with van der Waals surface area (Å²) in [6, 6.07) is 14.1. The molecule has 0 aliphatic heterocycles. The molecule has 4 nitrogen and oxygen atoms in total. The number of hydrogen-bond acceptors (Lipinski definition) is 3. The smallest absolute Gasteiger partial charge is 0.272 e. The highest BCUT2D eigenvalue weighted by atomic mass is 35.5. The predicted molar refractivity (Wildman–Crippen MR) is 79.5 cm³/mol. The van der Waals surface area contributed by atoms with Gasteiger partial charge in [-0.25, -0.2) is 5.43 Å². The van der Waals surface area contributed by atoms with Gasteiger partial charge >= 0.3 is 0 Å². The van der Waals surface area contributed by atoms with Gasteiger partial charge in [0.1, 0.15) is 5.75 Å². The molecule has 0 heterocycles. The van der Waals surface area contributed by atoms with Crippen LogP contribution in [0.25, 0.3) is 0 Å². The molecule has 2 aromatic rings. The van der Waals surface area contributed by atoms with E-state index < -0.39 is 0 Å². The van der Waals surface area contributed by atoms with Crippen LogP contribution in [0.3, 0.4) is 0 Å². The lowest BCUT2D eigenvalue weighted by Crippen LogP contribution is -2.17. The van der Waals surface area contributed by atoms with Crippen molar-refractivity contribution in [3.63, 3.8) is 0 Å². The quantitative estimate of drug-likeness (QED) is 0.694. The van der Waals surface area contributed by atoms with Crippen LogP contribution in [0.2, 0.25) is 5.02 Å². The van der Waals surface area contributed by atoms with E-state index in [1.54, 1.807) is 37.6 Å². The number of methoxy groups -OCH3 is 1. The lowest BCUT2D eigenvalue weighted by atomic mass is 10.2. The summed E-state index contributed by atoms with van der Waals surface area (Å²) in [7, 11) is 1.60. The second kappa shape index (κ2) is 6.73. The number of halogens is 1. The van der Waals surface area contributed by atoms with E-state index >= 15 is 0 Å². The minimum Gasteiger partial charge on any atom is -0.497 e. The van der Waals surface area contributed by atoms with Crippen molar-refractivity contribution in [2.75, 3.05) is 7.11 Å². The van der Waals surface area contributed by atoms with Crippen molar-refractivity contribution in [2.45, 2.75) is 0 Å². The zero-order valence-electron chi connectivity index (χ0n) is 10.8. The molecule has 1 N–H and O–H groups in total. The number of amides is 1. The van der Waals surface area contributed by atoms with Crippen LogP contribution in [0.5, 0.6) is 5.75 Å². The fourth-order valence-electron chi connectivity index (χ4n) is 1.56. The van der Waals surface area contributed by atoms with Crippen LogP contribution in [0.15, 0.2) is 53.6 Å². The minimum absolute atomic E-state index is 0.347. The number of ether oxygens (including phenoxy) is 1. The standard InChI is InChI=1S/C15H13ClN2O2/c1-20-12-8-6-11(7-9-12)10-17-18-15(19)13-4-2-3-5-14(13)16/h2-10H,1H3,(H,18,19)/b17-10+. The van der Waals surface area contributed by atoms with E-state index in [4.69, 9.17) is 16.3 Å². The lowest BCUT2D eigenvalue weighted by Gasteiger charge is -2.02. The minimum atomic E-state index is -0.347. The van der Waals surface area contributed by atoms with E-state index in [1.165, 1.54) is 0 Å². The number of rotatable bonds is 4. The Bertz CT molecular complexity index is 624. The molecule has 0 spiro atoms. The summed E-state index contributed by atoms with van der Waals surface area (Å²) in [6.07, 6.45) is 1.55. The summed E-state index contributed by atoms with van der Waals surface area (Å²) < 4.78 is 5.05. The third kappa shape index (κ3) is 3.59. The van der Waals surface area contributed by atoms with Crippen molar-refractivity contribution < 1.29 is 9.53 Å². The van der Waals surface area contributed by atoms with Crippen LogP contribution in [0.4, 0.5) is 0 Å². The molecule has 0 bridgehead atoms. The number of hydrazone groups is 1. The molecule has 0 aliphatic rings. The Morgan fingerprint density at radius 2 is 1.90 bits per heavy atom. The molecule has 2 aromatic carbocycles. The van der Waals surface area contributed by atoms with Gasteiger partial charge in [0.2, 0.25) is 0 Å². The first-order valence-electron chi connectivity index (χ1n) is 5.92. The van der Waals surface area contributed by atoms with Gasteiger partial charge in [0.15, 0.2) is 0 Å². The summed E-state index contributed by atoms with van der Waals surface area (Å²) in [6.45, 7) is 0. The average Bonchev–Trinajstić information content (AvgIpc) is 2.48. The van der Waals surface area contributed by atoms with E-state index in [9.17, 15) is 4.79 Å². The molecule has 0 aliphatic carbocycles. The van der Waals surface area contributed by atoms with Crippen LogP contribution in [0.1, 0.15) is 15.9 Å². The topological polar surface area (TPSA) is 50.7 Å². The maximum absolute atomic E-state index is 11.8. The SMILES string of the molecule is COc1ccc(/C=N/NC(=O)c2ccccc2Cl)cc1. The number of carbonyl (C=O) groups is 1. The summed E-state index contributed by atoms with van der Waals surface area (Å²) >= 11 is 5.92. The van der Waals surface area contributed by atoms with Gasteiger partial charge < -0.3 is 4.74 Å². The third-order valence-electron chi connectivity index (χ3n) is 2.61. The van der Waals surface area contributed by atoms with E-state index in [-0.39, 0.29) is 5.91 Å². The molecule has 20 heavy (non-hydrogen) atoms. The Labute approximate surface area is 122 Å². The van der Waals surface area contributed by atoms with Gasteiger partial charge in [-0.3, -0.25) is 4.79 Å². The molecule has 0 radical (unpaired) electrons. The number of benzene rings is 2. The fraction of sp³-hybridized carbons (Fsp3) is 0.0667. The van der Waals surface area contributed by atoms with E-state index in [0.717, 1.165) is 11.3 Å². The first-order valence-corrected chi connectivity index (χ1v) is 6.30. The van der Waals surface area contributed by atoms with Crippen LogP contribution in [0, 0.1) is 0 Å². The highest BCUT2D eigenvalue weighted by Crippen LogP contribution is 2.14. The van der Waals surface area contributed by atoms with Gasteiger partial charge in [-0.05, 0) is 42.0 Å². The van der Waals surface area contributed by atoms with Crippen molar-refractivity contribution in [3.8, 4) is 5.75 Å². The maximum Gasteiger partial charge on any atom is 0.272 e. The average molecular weight is 289 g/mol. The molecule has 0 aromatic heterocycles. The molecule has 102 valence electrons. The monoisotopic (exact) mass is 288 g/mol. The fourth-order valence-corrected chi connectivity index (χ4v) is 1.78. The Morgan fingerprint density at radius 3 is 2.55 bits per heavy atom. The number of nitrogens with one attached hydrogen (secondary N) is 1.